The monoisotopic (exact) mass is 401 g/mol. The van der Waals surface area contributed by atoms with Crippen LogP contribution in [-0.4, -0.2) is 34.2 Å². The zero-order valence-electron chi connectivity index (χ0n) is 18.9. The Bertz CT molecular complexity index is 746. The minimum Gasteiger partial charge on any atom is -0.393 e. The van der Waals surface area contributed by atoms with Crippen LogP contribution in [0, 0.1) is 28.6 Å². The molecule has 4 rings (SSSR count). The molecule has 0 unspecified atom stereocenters. The maximum Gasteiger partial charge on any atom is 0.145 e. The van der Waals surface area contributed by atoms with Crippen molar-refractivity contribution >= 4 is 5.71 Å². The van der Waals surface area contributed by atoms with Crippen LogP contribution in [-0.2, 0) is 4.84 Å². The van der Waals surface area contributed by atoms with Gasteiger partial charge in [0, 0.05) is 5.92 Å². The Labute approximate surface area is 176 Å². The number of hydrogen-bond donors (Lipinski definition) is 2. The number of oxime groups is 1. The van der Waals surface area contributed by atoms with Gasteiger partial charge in [-0.25, -0.2) is 0 Å². The van der Waals surface area contributed by atoms with Gasteiger partial charge in [0.25, 0.3) is 0 Å². The molecule has 6 atom stereocenters. The first kappa shape index (κ1) is 21.1. The summed E-state index contributed by atoms with van der Waals surface area (Å²) in [5.74, 6) is 1.70. The molecule has 3 saturated carbocycles. The van der Waals surface area contributed by atoms with Crippen LogP contribution in [0.15, 0.2) is 28.5 Å². The highest BCUT2D eigenvalue weighted by atomic mass is 16.6. The highest BCUT2D eigenvalue weighted by Gasteiger charge is 2.56. The average molecular weight is 402 g/mol. The van der Waals surface area contributed by atoms with Crippen molar-refractivity contribution in [3.63, 3.8) is 0 Å². The molecule has 0 aliphatic heterocycles. The van der Waals surface area contributed by atoms with E-state index in [1.807, 2.05) is 0 Å². The molecular formula is C25H39NO3. The molecule has 0 spiro atoms. The Kier molecular flexibility index (Phi) is 5.26. The van der Waals surface area contributed by atoms with E-state index in [2.05, 4.69) is 38.1 Å². The summed E-state index contributed by atoms with van der Waals surface area (Å²) >= 11 is 0. The van der Waals surface area contributed by atoms with Gasteiger partial charge in [-0.3, -0.25) is 0 Å². The summed E-state index contributed by atoms with van der Waals surface area (Å²) < 4.78 is 0. The van der Waals surface area contributed by atoms with E-state index in [4.69, 9.17) is 4.84 Å². The van der Waals surface area contributed by atoms with Crippen molar-refractivity contribution in [1.82, 2.24) is 0 Å². The maximum absolute atomic E-state index is 10.2. The van der Waals surface area contributed by atoms with E-state index in [-0.39, 0.29) is 23.5 Å². The quantitative estimate of drug-likeness (QED) is 0.514. The lowest BCUT2D eigenvalue weighted by Gasteiger charge is -2.54. The van der Waals surface area contributed by atoms with E-state index in [1.165, 1.54) is 31.3 Å². The van der Waals surface area contributed by atoms with Crippen molar-refractivity contribution in [3.8, 4) is 0 Å². The maximum atomic E-state index is 10.2. The summed E-state index contributed by atoms with van der Waals surface area (Å²) in [6, 6.07) is 0. The van der Waals surface area contributed by atoms with Gasteiger partial charge < -0.3 is 15.1 Å². The Morgan fingerprint density at radius 2 is 1.90 bits per heavy atom. The second-order valence-electron chi connectivity index (χ2n) is 11.3. The van der Waals surface area contributed by atoms with E-state index in [0.717, 1.165) is 25.0 Å². The Morgan fingerprint density at radius 3 is 2.62 bits per heavy atom. The Hall–Kier alpha value is -1.13. The lowest BCUT2D eigenvalue weighted by atomic mass is 9.50. The van der Waals surface area contributed by atoms with Crippen molar-refractivity contribution in [2.24, 2.45) is 33.7 Å². The summed E-state index contributed by atoms with van der Waals surface area (Å²) in [7, 11) is 0. The van der Waals surface area contributed by atoms with Gasteiger partial charge in [-0.1, -0.05) is 42.3 Å². The molecule has 4 aliphatic carbocycles. The topological polar surface area (TPSA) is 62.0 Å². The fourth-order valence-electron chi connectivity index (χ4n) is 7.03. The number of aliphatic hydroxyl groups is 2. The normalized spacial score (nSPS) is 42.4. The van der Waals surface area contributed by atoms with Crippen molar-refractivity contribution in [3.05, 3.63) is 23.3 Å². The van der Waals surface area contributed by atoms with Gasteiger partial charge in [-0.05, 0) is 88.4 Å². The molecule has 4 nitrogen and oxygen atoms in total. The Morgan fingerprint density at radius 1 is 1.14 bits per heavy atom. The zero-order valence-corrected chi connectivity index (χ0v) is 18.9. The first-order chi connectivity index (χ1) is 13.5. The standard InChI is InChI=1S/C25H39NO3/c1-16(26-29-15-23(2,3)28)20-8-9-21-19-7-6-17-14-18(27)10-12-24(17,4)22(19)11-13-25(20,21)5/h6-7,18,20-22,27-28H,8-15H2,1-5H3/b26-16-/t18-,20+,21-,22-,24-,25+/m0/s1. The average Bonchev–Trinajstić information content (AvgIpc) is 2.98. The Balaban J connectivity index is 1.56. The predicted octanol–water partition coefficient (Wildman–Crippen LogP) is 5.01. The molecule has 0 aromatic heterocycles. The third kappa shape index (κ3) is 3.61. The lowest BCUT2D eigenvalue weighted by Crippen LogP contribution is -2.46. The number of allylic oxidation sites excluding steroid dienone is 3. The SMILES string of the molecule is C/C(=N/OCC(C)(C)O)[C@H]1CC[C@H]2C3=CC=C4C[C@@H](O)CC[C@]4(C)[C@H]3CC[C@]12C. The number of fused-ring (bicyclic) bond motifs is 5. The predicted molar refractivity (Wildman–Crippen MR) is 117 cm³/mol. The van der Waals surface area contributed by atoms with Crippen molar-refractivity contribution in [2.75, 3.05) is 6.61 Å². The molecule has 0 heterocycles. The molecule has 162 valence electrons. The molecule has 2 N–H and O–H groups in total. The molecule has 0 saturated heterocycles. The van der Waals surface area contributed by atoms with Gasteiger partial charge >= 0.3 is 0 Å². The van der Waals surface area contributed by atoms with Crippen LogP contribution in [0.4, 0.5) is 0 Å². The molecule has 0 aromatic carbocycles. The van der Waals surface area contributed by atoms with Crippen LogP contribution in [0.25, 0.3) is 0 Å². The molecule has 4 aliphatic rings. The molecule has 0 amide bonds. The molecule has 0 bridgehead atoms. The van der Waals surface area contributed by atoms with E-state index in [1.54, 1.807) is 19.4 Å². The molecule has 0 aromatic rings. The van der Waals surface area contributed by atoms with Crippen molar-refractivity contribution < 1.29 is 15.1 Å². The second kappa shape index (κ2) is 7.23. The van der Waals surface area contributed by atoms with E-state index >= 15 is 0 Å². The van der Waals surface area contributed by atoms with Crippen LogP contribution < -0.4 is 0 Å². The number of nitrogens with zero attached hydrogens (tertiary/aromatic N) is 1. The van der Waals surface area contributed by atoms with E-state index in [0.29, 0.717) is 17.8 Å². The third-order valence-electron chi connectivity index (χ3n) is 8.68. The van der Waals surface area contributed by atoms with Crippen LogP contribution >= 0.6 is 0 Å². The third-order valence-corrected chi connectivity index (χ3v) is 8.68. The minimum absolute atomic E-state index is 0.156. The highest BCUT2D eigenvalue weighted by molar-refractivity contribution is 5.85. The highest BCUT2D eigenvalue weighted by Crippen LogP contribution is 2.65. The molecule has 29 heavy (non-hydrogen) atoms. The zero-order chi connectivity index (χ0) is 21.0. The van der Waals surface area contributed by atoms with Crippen LogP contribution in [0.1, 0.15) is 79.6 Å². The van der Waals surface area contributed by atoms with E-state index < -0.39 is 5.60 Å². The van der Waals surface area contributed by atoms with Crippen LogP contribution in [0.5, 0.6) is 0 Å². The van der Waals surface area contributed by atoms with Crippen LogP contribution in [0.3, 0.4) is 0 Å². The van der Waals surface area contributed by atoms with E-state index in [9.17, 15) is 10.2 Å². The molecule has 3 fully saturated rings. The second-order valence-corrected chi connectivity index (χ2v) is 11.3. The fraction of sp³-hybridized carbons (Fsp3) is 0.800. The van der Waals surface area contributed by atoms with Crippen molar-refractivity contribution in [1.29, 1.82) is 0 Å². The van der Waals surface area contributed by atoms with Gasteiger partial charge in [0.15, 0.2) is 0 Å². The number of hydrogen-bond acceptors (Lipinski definition) is 4. The molecule has 0 radical (unpaired) electrons. The van der Waals surface area contributed by atoms with Gasteiger partial charge in [0.1, 0.15) is 6.61 Å². The molecular weight excluding hydrogens is 362 g/mol. The summed E-state index contributed by atoms with van der Waals surface area (Å²) in [5, 5.41) is 24.5. The van der Waals surface area contributed by atoms with Gasteiger partial charge in [0.2, 0.25) is 0 Å². The molecule has 4 heteroatoms. The first-order valence-electron chi connectivity index (χ1n) is 11.5. The summed E-state index contributed by atoms with van der Waals surface area (Å²) in [4.78, 5) is 5.49. The van der Waals surface area contributed by atoms with Gasteiger partial charge in [0.05, 0.1) is 17.4 Å². The summed E-state index contributed by atoms with van der Waals surface area (Å²) in [5.41, 5.74) is 3.84. The minimum atomic E-state index is -0.857. The lowest BCUT2D eigenvalue weighted by molar-refractivity contribution is -0.0200. The van der Waals surface area contributed by atoms with Gasteiger partial charge in [-0.2, -0.15) is 0 Å². The largest absolute Gasteiger partial charge is 0.393 e. The first-order valence-corrected chi connectivity index (χ1v) is 11.5. The summed E-state index contributed by atoms with van der Waals surface area (Å²) in [6.45, 7) is 10.7. The smallest absolute Gasteiger partial charge is 0.145 e. The van der Waals surface area contributed by atoms with Crippen LogP contribution in [0.2, 0.25) is 0 Å². The fourth-order valence-corrected chi connectivity index (χ4v) is 7.03. The summed E-state index contributed by atoms with van der Waals surface area (Å²) in [6.07, 6.45) is 12.4. The number of aliphatic hydroxyl groups excluding tert-OH is 1. The van der Waals surface area contributed by atoms with Crippen molar-refractivity contribution in [2.45, 2.75) is 91.3 Å². The van der Waals surface area contributed by atoms with Gasteiger partial charge in [-0.15, -0.1) is 0 Å². The number of rotatable bonds is 4.